The summed E-state index contributed by atoms with van der Waals surface area (Å²) in [5.41, 5.74) is -2.13. The van der Waals surface area contributed by atoms with E-state index in [4.69, 9.17) is 23.7 Å². The van der Waals surface area contributed by atoms with Gasteiger partial charge in [-0.3, -0.25) is 19.2 Å². The van der Waals surface area contributed by atoms with Crippen molar-refractivity contribution in [2.45, 2.75) is 61.9 Å². The van der Waals surface area contributed by atoms with Crippen LogP contribution in [0.15, 0.2) is 12.2 Å². The first kappa shape index (κ1) is 33.4. The van der Waals surface area contributed by atoms with Crippen molar-refractivity contribution in [1.29, 1.82) is 0 Å². The Hall–Kier alpha value is -1.83. The lowest BCUT2D eigenvalue weighted by Gasteiger charge is -2.28. The van der Waals surface area contributed by atoms with Gasteiger partial charge in [-0.15, -0.1) is 0 Å². The highest BCUT2D eigenvalue weighted by Gasteiger charge is 2.66. The summed E-state index contributed by atoms with van der Waals surface area (Å²) in [7, 11) is 0. The number of nitrogens with one attached hydrogen (secondary N) is 1. The number of carbonyl (C=O) groups excluding carboxylic acids is 5. The molecule has 4 unspecified atom stereocenters. The van der Waals surface area contributed by atoms with Crippen LogP contribution in [0.4, 0.5) is 0 Å². The first-order chi connectivity index (χ1) is 18.0. The van der Waals surface area contributed by atoms with Gasteiger partial charge in [-0.25, -0.2) is 0 Å². The van der Waals surface area contributed by atoms with Crippen LogP contribution in [0, 0.1) is 17.3 Å². The molecule has 1 fully saturated rings. The second-order valence-electron chi connectivity index (χ2n) is 10.9. The Balaban J connectivity index is 1.75. The zero-order valence-electron chi connectivity index (χ0n) is 23.0. The van der Waals surface area contributed by atoms with Crippen molar-refractivity contribution in [3.8, 4) is 0 Å². The Kier molecular flexibility index (Phi) is 11.3. The van der Waals surface area contributed by atoms with E-state index in [1.165, 1.54) is 6.92 Å². The number of epoxide rings is 1. The number of hydrogen-bond acceptors (Lipinski definition) is 10. The van der Waals surface area contributed by atoms with Crippen LogP contribution < -0.4 is 5.32 Å². The van der Waals surface area contributed by atoms with Crippen LogP contribution in [0.2, 0.25) is 0 Å². The summed E-state index contributed by atoms with van der Waals surface area (Å²) in [6, 6.07) is 0. The lowest BCUT2D eigenvalue weighted by atomic mass is 9.76. The average molecular weight is 683 g/mol. The van der Waals surface area contributed by atoms with Crippen molar-refractivity contribution in [2.75, 3.05) is 39.6 Å². The van der Waals surface area contributed by atoms with E-state index in [9.17, 15) is 24.0 Å². The Morgan fingerprint density at radius 3 is 1.97 bits per heavy atom. The quantitative estimate of drug-likeness (QED) is 0.0489. The maximum atomic E-state index is 12.9. The lowest BCUT2D eigenvalue weighted by Crippen LogP contribution is -2.45. The van der Waals surface area contributed by atoms with Crippen molar-refractivity contribution in [3.63, 3.8) is 0 Å². The first-order valence-corrected chi connectivity index (χ1v) is 14.1. The number of aldehydes is 1. The van der Waals surface area contributed by atoms with Crippen molar-refractivity contribution in [2.24, 2.45) is 17.3 Å². The maximum Gasteiger partial charge on any atom is 0.322 e. The van der Waals surface area contributed by atoms with Gasteiger partial charge in [-0.2, -0.15) is 0 Å². The normalized spacial score (nSPS) is 22.9. The summed E-state index contributed by atoms with van der Waals surface area (Å²) in [5.74, 6) is -2.87. The van der Waals surface area contributed by atoms with Gasteiger partial charge in [-0.05, 0) is 34.6 Å². The largest absolute Gasteiger partial charge is 0.463 e. The molecule has 0 saturated carbocycles. The minimum atomic E-state index is -1.45. The van der Waals surface area contributed by atoms with E-state index in [2.05, 4.69) is 37.2 Å². The van der Waals surface area contributed by atoms with Gasteiger partial charge < -0.3 is 33.8 Å². The molecule has 4 atom stereocenters. The van der Waals surface area contributed by atoms with Gasteiger partial charge in [0.1, 0.15) is 51.9 Å². The van der Waals surface area contributed by atoms with E-state index in [-0.39, 0.29) is 57.5 Å². The molecule has 1 heterocycles. The highest BCUT2D eigenvalue weighted by molar-refractivity contribution is 9.10. The number of amides is 1. The number of hydrogen-bond donors (Lipinski definition) is 1. The van der Waals surface area contributed by atoms with Crippen molar-refractivity contribution < 1.29 is 47.7 Å². The molecule has 0 aromatic rings. The summed E-state index contributed by atoms with van der Waals surface area (Å²) in [4.78, 5) is 60.7. The van der Waals surface area contributed by atoms with Crippen molar-refractivity contribution >= 4 is 62.0 Å². The summed E-state index contributed by atoms with van der Waals surface area (Å²) in [5, 5.41) is 2.76. The minimum absolute atomic E-state index is 0.0510. The molecule has 1 aliphatic carbocycles. The summed E-state index contributed by atoms with van der Waals surface area (Å²) >= 11 is 6.41. The van der Waals surface area contributed by atoms with Gasteiger partial charge in [0, 0.05) is 12.5 Å². The Labute approximate surface area is 245 Å². The monoisotopic (exact) mass is 681 g/mol. The van der Waals surface area contributed by atoms with Crippen LogP contribution in [0.5, 0.6) is 0 Å². The van der Waals surface area contributed by atoms with Crippen molar-refractivity contribution in [1.82, 2.24) is 5.32 Å². The third-order valence-electron chi connectivity index (χ3n) is 6.24. The molecule has 0 aromatic heterocycles. The number of rotatable bonds is 16. The van der Waals surface area contributed by atoms with E-state index < -0.39 is 43.5 Å². The molecule has 0 radical (unpaired) electrons. The smallest absolute Gasteiger partial charge is 0.322 e. The van der Waals surface area contributed by atoms with Crippen LogP contribution in [0.1, 0.15) is 41.5 Å². The van der Waals surface area contributed by atoms with Gasteiger partial charge >= 0.3 is 17.9 Å². The fourth-order valence-electron chi connectivity index (χ4n) is 3.61. The predicted octanol–water partition coefficient (Wildman–Crippen LogP) is 2.26. The van der Waals surface area contributed by atoms with Gasteiger partial charge in [0.05, 0.1) is 19.1 Å². The predicted molar refractivity (Wildman–Crippen MR) is 146 cm³/mol. The molecule has 39 heavy (non-hydrogen) atoms. The number of ether oxygens (including phenoxy) is 5. The molecular weight excluding hydrogens is 646 g/mol. The topological polar surface area (TPSA) is 147 Å². The molecule has 1 aliphatic heterocycles. The second-order valence-corrected chi connectivity index (χ2v) is 14.9. The first-order valence-electron chi connectivity index (χ1n) is 12.6. The molecule has 1 amide bonds. The molecule has 11 nitrogen and oxygen atoms in total. The van der Waals surface area contributed by atoms with Crippen LogP contribution in [0.25, 0.3) is 0 Å². The summed E-state index contributed by atoms with van der Waals surface area (Å²) in [6.07, 6.45) is 4.09. The molecule has 0 bridgehead atoms. The molecule has 1 N–H and O–H groups in total. The molecular formula is C26H37Br2NO10. The van der Waals surface area contributed by atoms with Gasteiger partial charge in [0.15, 0.2) is 0 Å². The van der Waals surface area contributed by atoms with E-state index in [1.807, 2.05) is 6.08 Å². The van der Waals surface area contributed by atoms with Crippen LogP contribution in [-0.4, -0.2) is 90.0 Å². The van der Waals surface area contributed by atoms with Gasteiger partial charge in [-0.1, -0.05) is 50.9 Å². The van der Waals surface area contributed by atoms with E-state index >= 15 is 0 Å². The highest BCUT2D eigenvalue weighted by atomic mass is 79.9. The fourth-order valence-corrected chi connectivity index (χ4v) is 3.84. The molecule has 2 rings (SSSR count). The third-order valence-corrected chi connectivity index (χ3v) is 6.89. The molecule has 220 valence electrons. The number of esters is 3. The zero-order chi connectivity index (χ0) is 29.6. The Bertz CT molecular complexity index is 941. The summed E-state index contributed by atoms with van der Waals surface area (Å²) in [6.45, 7) is 9.25. The highest BCUT2D eigenvalue weighted by Crippen LogP contribution is 2.53. The fraction of sp³-hybridized carbons (Fsp3) is 0.731. The van der Waals surface area contributed by atoms with Crippen LogP contribution in [0.3, 0.4) is 0 Å². The van der Waals surface area contributed by atoms with Gasteiger partial charge in [0.25, 0.3) is 0 Å². The molecule has 1 saturated heterocycles. The standard InChI is InChI=1S/C26H37Br2NO10/c1-16(13-30)18-26(39-18)8-7-17(26)19(31)29-9-10-35-11-12-36-22(34)25(6,14-37-20(32)23(2,3)27)15-38-21(33)24(4,5)28/h7-8,13,16-18H,9-12,14-15H2,1-6H3,(H,29,31). The number of carbonyl (C=O) groups is 5. The average Bonchev–Trinajstić information content (AvgIpc) is 3.61. The number of alkyl halides is 2. The SMILES string of the molecule is CC(C=O)C1OC12C=CC2C(=O)NCCOCCOC(=O)C(C)(COC(=O)C(C)(C)Br)COC(=O)C(C)(C)Br. The van der Waals surface area contributed by atoms with Gasteiger partial charge in [0.2, 0.25) is 5.91 Å². The Morgan fingerprint density at radius 1 is 0.949 bits per heavy atom. The molecule has 2 aliphatic rings. The molecule has 0 aromatic carbocycles. The van der Waals surface area contributed by atoms with Crippen LogP contribution in [-0.2, 0) is 47.7 Å². The molecule has 13 heteroatoms. The van der Waals surface area contributed by atoms with E-state index in [0.29, 0.717) is 0 Å². The third kappa shape index (κ3) is 8.83. The number of halogens is 2. The summed E-state index contributed by atoms with van der Waals surface area (Å²) < 4.78 is 25.0. The zero-order valence-corrected chi connectivity index (χ0v) is 26.2. The Morgan fingerprint density at radius 2 is 1.51 bits per heavy atom. The van der Waals surface area contributed by atoms with E-state index in [0.717, 1.165) is 6.29 Å². The van der Waals surface area contributed by atoms with E-state index in [1.54, 1.807) is 40.7 Å². The lowest BCUT2D eigenvalue weighted by molar-refractivity contribution is -0.172. The minimum Gasteiger partial charge on any atom is -0.463 e. The van der Waals surface area contributed by atoms with Crippen LogP contribution >= 0.6 is 31.9 Å². The maximum absolute atomic E-state index is 12.9. The molecule has 1 spiro atoms. The van der Waals surface area contributed by atoms with Crippen molar-refractivity contribution in [3.05, 3.63) is 12.2 Å². The second kappa shape index (κ2) is 13.2.